The number of benzene rings is 2. The van der Waals surface area contributed by atoms with Crippen molar-refractivity contribution in [1.29, 1.82) is 0 Å². The van der Waals surface area contributed by atoms with Crippen molar-refractivity contribution >= 4 is 28.8 Å². The molecule has 0 unspecified atom stereocenters. The summed E-state index contributed by atoms with van der Waals surface area (Å²) in [5, 5.41) is 20.7. The van der Waals surface area contributed by atoms with Gasteiger partial charge in [-0.3, -0.25) is 14.6 Å². The first-order valence-electron chi connectivity index (χ1n) is 17.3. The summed E-state index contributed by atoms with van der Waals surface area (Å²) in [6.07, 6.45) is 3.82. The molecule has 3 heterocycles. The third kappa shape index (κ3) is 9.99. The fourth-order valence-electron chi connectivity index (χ4n) is 6.24. The summed E-state index contributed by atoms with van der Waals surface area (Å²) in [7, 11) is 4.97. The fraction of sp³-hybridized carbons (Fsp3) is 0.436. The van der Waals surface area contributed by atoms with Gasteiger partial charge in [-0.15, -0.1) is 11.3 Å². The second-order valence-corrected chi connectivity index (χ2v) is 14.5. The fourth-order valence-corrected chi connectivity index (χ4v) is 7.06. The Hall–Kier alpha value is -4.20. The first kappa shape index (κ1) is 38.0. The van der Waals surface area contributed by atoms with E-state index in [2.05, 4.69) is 45.4 Å². The van der Waals surface area contributed by atoms with E-state index in [9.17, 15) is 14.7 Å². The van der Waals surface area contributed by atoms with Crippen LogP contribution in [0, 0.1) is 6.92 Å². The molecule has 1 fully saturated rings. The number of rotatable bonds is 16. The molecule has 0 radical (unpaired) electrons. The van der Waals surface area contributed by atoms with Crippen LogP contribution in [-0.4, -0.2) is 90.6 Å². The topological polar surface area (TPSA) is 129 Å². The number of hydrogen-bond donors (Lipinski definition) is 3. The summed E-state index contributed by atoms with van der Waals surface area (Å²) in [5.41, 5.74) is 5.46. The highest BCUT2D eigenvalue weighted by atomic mass is 32.1. The van der Waals surface area contributed by atoms with Crippen LogP contribution in [0.1, 0.15) is 74.3 Å². The summed E-state index contributed by atoms with van der Waals surface area (Å²) in [5.74, 6) is -1.05. The zero-order valence-electron chi connectivity index (χ0n) is 30.4. The number of ether oxygens (including phenoxy) is 2. The van der Waals surface area contributed by atoms with Gasteiger partial charge in [0.15, 0.2) is 5.79 Å². The van der Waals surface area contributed by atoms with E-state index in [1.807, 2.05) is 61.1 Å². The average Bonchev–Trinajstić information content (AvgIpc) is 3.77. The Morgan fingerprint density at radius 2 is 1.80 bits per heavy atom. The number of pyridine rings is 1. The molecule has 11 nitrogen and oxygen atoms in total. The highest BCUT2D eigenvalue weighted by molar-refractivity contribution is 7.09. The molecule has 0 bridgehead atoms. The van der Waals surface area contributed by atoms with Crippen LogP contribution in [0.2, 0.25) is 0 Å². The number of hydrogen-bond acceptors (Lipinski definition) is 10. The van der Waals surface area contributed by atoms with Gasteiger partial charge in [-0.25, -0.2) is 4.98 Å². The summed E-state index contributed by atoms with van der Waals surface area (Å²) in [6, 6.07) is 16.5. The summed E-state index contributed by atoms with van der Waals surface area (Å²) < 4.78 is 11.4. The summed E-state index contributed by atoms with van der Waals surface area (Å²) >= 11 is 1.51. The van der Waals surface area contributed by atoms with Crippen LogP contribution in [-0.2, 0) is 29.0 Å². The quantitative estimate of drug-likeness (QED) is 0.138. The van der Waals surface area contributed by atoms with Gasteiger partial charge in [0.25, 0.3) is 11.8 Å². The Kier molecular flexibility index (Phi) is 12.9. The molecule has 1 aliphatic rings. The number of aryl methyl sites for hydroxylation is 1. The van der Waals surface area contributed by atoms with Crippen molar-refractivity contribution in [2.45, 2.75) is 70.6 Å². The van der Waals surface area contributed by atoms with Crippen molar-refractivity contribution in [3.63, 3.8) is 0 Å². The molecule has 0 spiro atoms. The normalized spacial score (nSPS) is 15.2. The largest absolute Gasteiger partial charge is 0.390 e. The third-order valence-electron chi connectivity index (χ3n) is 9.36. The Labute approximate surface area is 305 Å². The summed E-state index contributed by atoms with van der Waals surface area (Å²) in [6.45, 7) is 8.35. The van der Waals surface area contributed by atoms with E-state index in [4.69, 9.17) is 9.47 Å². The minimum Gasteiger partial charge on any atom is -0.390 e. The van der Waals surface area contributed by atoms with E-state index < -0.39 is 17.9 Å². The average molecular weight is 715 g/mol. The molecule has 0 aliphatic carbocycles. The Morgan fingerprint density at radius 3 is 2.47 bits per heavy atom. The molecule has 2 atom stereocenters. The number of amides is 2. The van der Waals surface area contributed by atoms with Gasteiger partial charge < -0.3 is 35.0 Å². The second-order valence-electron chi connectivity index (χ2n) is 13.6. The summed E-state index contributed by atoms with van der Waals surface area (Å²) in [4.78, 5) is 40.5. The van der Waals surface area contributed by atoms with Crippen molar-refractivity contribution in [2.24, 2.45) is 0 Å². The molecule has 1 aliphatic heterocycles. The molecule has 2 aromatic heterocycles. The molecular formula is C39H50N6O5S. The maximum absolute atomic E-state index is 14.1. The molecule has 2 aromatic carbocycles. The van der Waals surface area contributed by atoms with Crippen molar-refractivity contribution in [2.75, 3.05) is 45.8 Å². The Balaban J connectivity index is 1.38. The molecular weight excluding hydrogens is 665 g/mol. The molecule has 0 saturated carbocycles. The van der Waals surface area contributed by atoms with E-state index in [0.29, 0.717) is 61.8 Å². The van der Waals surface area contributed by atoms with Crippen LogP contribution in [0.15, 0.2) is 72.4 Å². The lowest BCUT2D eigenvalue weighted by Crippen LogP contribution is -2.48. The van der Waals surface area contributed by atoms with E-state index in [1.54, 1.807) is 38.3 Å². The van der Waals surface area contributed by atoms with Crippen molar-refractivity contribution in [1.82, 2.24) is 25.5 Å². The van der Waals surface area contributed by atoms with Crippen molar-refractivity contribution < 1.29 is 24.2 Å². The van der Waals surface area contributed by atoms with Gasteiger partial charge in [-0.2, -0.15) is 0 Å². The SMILES string of the molecule is COC1(OC)CCN(c2cc(C(=O)N[C@@H](Cc3ccccc3)[C@H](O)CNCc3cncc(C(C)C)c3)cc(C(=O)N(C)Cc3nc(C)cs3)c2)C1. The lowest BCUT2D eigenvalue weighted by Gasteiger charge is -2.28. The van der Waals surface area contributed by atoms with Gasteiger partial charge in [0, 0.05) is 87.6 Å². The Morgan fingerprint density at radius 1 is 1.06 bits per heavy atom. The first-order valence-corrected chi connectivity index (χ1v) is 18.2. The number of anilines is 1. The highest BCUT2D eigenvalue weighted by Gasteiger charge is 2.39. The van der Waals surface area contributed by atoms with Gasteiger partial charge in [0.2, 0.25) is 0 Å². The van der Waals surface area contributed by atoms with E-state index in [-0.39, 0.29) is 18.4 Å². The molecule has 4 aromatic rings. The Bertz CT molecular complexity index is 1760. The zero-order chi connectivity index (χ0) is 36.5. The molecule has 2 amide bonds. The lowest BCUT2D eigenvalue weighted by atomic mass is 9.99. The van der Waals surface area contributed by atoms with Gasteiger partial charge in [-0.05, 0) is 54.2 Å². The molecule has 1 saturated heterocycles. The molecule has 51 heavy (non-hydrogen) atoms. The monoisotopic (exact) mass is 714 g/mol. The van der Waals surface area contributed by atoms with Crippen LogP contribution >= 0.6 is 11.3 Å². The number of aliphatic hydroxyl groups excluding tert-OH is 1. The first-order chi connectivity index (χ1) is 24.5. The second kappa shape index (κ2) is 17.3. The van der Waals surface area contributed by atoms with Gasteiger partial charge in [0.1, 0.15) is 5.01 Å². The minimum atomic E-state index is -0.907. The minimum absolute atomic E-state index is 0.233. The number of nitrogens with zero attached hydrogens (tertiary/aromatic N) is 4. The van der Waals surface area contributed by atoms with Crippen LogP contribution in [0.25, 0.3) is 0 Å². The molecule has 3 N–H and O–H groups in total. The van der Waals surface area contributed by atoms with Crippen LogP contribution in [0.4, 0.5) is 5.69 Å². The standard InChI is InChI=1S/C39H50N6O5S/c1-26(2)32-14-29(19-40-21-32)20-41-22-35(46)34(15-28-10-8-7-9-11-28)43-37(47)30-16-31(38(48)44(4)23-36-42-27(3)24-51-36)18-33(17-30)45-13-12-39(25-45,49-5)50-6/h7-11,14,16-19,21,24,26,34-35,41,46H,12-13,15,20,22-23,25H2,1-6H3,(H,43,47)/t34-,35+/m0/s1. The maximum atomic E-state index is 14.1. The van der Waals surface area contributed by atoms with E-state index >= 15 is 0 Å². The molecule has 12 heteroatoms. The third-order valence-corrected chi connectivity index (χ3v) is 10.3. The van der Waals surface area contributed by atoms with Crippen molar-refractivity contribution in [3.05, 3.63) is 111 Å². The maximum Gasteiger partial charge on any atom is 0.254 e. The lowest BCUT2D eigenvalue weighted by molar-refractivity contribution is -0.189. The number of carbonyl (C=O) groups excluding carboxylic acids is 2. The number of carbonyl (C=O) groups is 2. The number of aliphatic hydroxyl groups is 1. The van der Waals surface area contributed by atoms with Crippen molar-refractivity contribution in [3.8, 4) is 0 Å². The van der Waals surface area contributed by atoms with E-state index in [1.165, 1.54) is 11.3 Å². The predicted molar refractivity (Wildman–Crippen MR) is 200 cm³/mol. The van der Waals surface area contributed by atoms with Gasteiger partial charge in [0.05, 0.1) is 25.2 Å². The smallest absolute Gasteiger partial charge is 0.254 e. The highest BCUT2D eigenvalue weighted by Crippen LogP contribution is 2.31. The number of nitrogens with one attached hydrogen (secondary N) is 2. The zero-order valence-corrected chi connectivity index (χ0v) is 31.2. The number of methoxy groups -OCH3 is 2. The molecule has 272 valence electrons. The number of thiazole rings is 1. The van der Waals surface area contributed by atoms with E-state index in [0.717, 1.165) is 27.4 Å². The predicted octanol–water partition coefficient (Wildman–Crippen LogP) is 4.93. The van der Waals surface area contributed by atoms with Crippen LogP contribution in [0.3, 0.4) is 0 Å². The number of aromatic nitrogens is 2. The van der Waals surface area contributed by atoms with Gasteiger partial charge in [-0.1, -0.05) is 50.2 Å². The van der Waals surface area contributed by atoms with Crippen LogP contribution < -0.4 is 15.5 Å². The van der Waals surface area contributed by atoms with Crippen LogP contribution in [0.5, 0.6) is 0 Å². The molecule has 5 rings (SSSR count). The van der Waals surface area contributed by atoms with Gasteiger partial charge >= 0.3 is 0 Å².